The van der Waals surface area contributed by atoms with Crippen LogP contribution in [-0.4, -0.2) is 45.2 Å². The first-order valence-electron chi connectivity index (χ1n) is 14.1. The lowest BCUT2D eigenvalue weighted by Crippen LogP contribution is -2.56. The van der Waals surface area contributed by atoms with Crippen molar-refractivity contribution in [3.05, 3.63) is 0 Å². The van der Waals surface area contributed by atoms with E-state index < -0.39 is 13.9 Å². The third-order valence-corrected chi connectivity index (χ3v) is 12.7. The van der Waals surface area contributed by atoms with Gasteiger partial charge in [-0.2, -0.15) is 0 Å². The van der Waals surface area contributed by atoms with E-state index >= 15 is 0 Å². The van der Waals surface area contributed by atoms with Gasteiger partial charge >= 0.3 is 6.09 Å². The molecule has 0 unspecified atom stereocenters. The highest BCUT2D eigenvalue weighted by Gasteiger charge is 2.41. The molecule has 2 N–H and O–H groups in total. The molecule has 34 heavy (non-hydrogen) atoms. The number of alkyl carbamates (subject to hydrolysis) is 1. The lowest BCUT2D eigenvalue weighted by Gasteiger charge is -2.42. The highest BCUT2D eigenvalue weighted by molar-refractivity contribution is 6.74. The summed E-state index contributed by atoms with van der Waals surface area (Å²) in [6, 6.07) is -0.0362. The Kier molecular flexibility index (Phi) is 11.4. The van der Waals surface area contributed by atoms with Gasteiger partial charge in [-0.25, -0.2) is 4.79 Å². The van der Waals surface area contributed by atoms with E-state index in [0.717, 1.165) is 25.4 Å². The second kappa shape index (κ2) is 13.1. The maximum atomic E-state index is 12.9. The monoisotopic (exact) mass is 496 g/mol. The van der Waals surface area contributed by atoms with Crippen LogP contribution >= 0.6 is 0 Å². The Hall–Kier alpha value is -0.593. The molecule has 0 aliphatic heterocycles. The minimum absolute atomic E-state index is 0.0362. The first-order valence-corrected chi connectivity index (χ1v) is 17.1. The van der Waals surface area contributed by atoms with E-state index in [2.05, 4.69) is 44.5 Å². The van der Waals surface area contributed by atoms with Crippen LogP contribution in [0.15, 0.2) is 0 Å². The van der Waals surface area contributed by atoms with Gasteiger partial charge < -0.3 is 19.8 Å². The molecule has 0 spiro atoms. The average molecular weight is 497 g/mol. The van der Waals surface area contributed by atoms with Crippen LogP contribution in [0, 0.1) is 11.8 Å². The lowest BCUT2D eigenvalue weighted by molar-refractivity contribution is 0.0404. The molecule has 0 heterocycles. The molecule has 0 aromatic carbocycles. The Morgan fingerprint density at radius 3 is 1.91 bits per heavy atom. The van der Waals surface area contributed by atoms with Crippen LogP contribution in [0.1, 0.15) is 112 Å². The van der Waals surface area contributed by atoms with Gasteiger partial charge in [0.25, 0.3) is 0 Å². The number of carbonyl (C=O) groups is 1. The van der Waals surface area contributed by atoms with Crippen LogP contribution in [0.4, 0.5) is 4.79 Å². The number of nitrogens with one attached hydrogen (secondary N) is 2. The third-order valence-electron chi connectivity index (χ3n) is 8.22. The number of amides is 1. The summed E-state index contributed by atoms with van der Waals surface area (Å²) in [6.45, 7) is 19.2. The molecule has 2 saturated carbocycles. The highest BCUT2D eigenvalue weighted by Crippen LogP contribution is 2.38. The van der Waals surface area contributed by atoms with Gasteiger partial charge in [0.05, 0.1) is 12.1 Å². The van der Waals surface area contributed by atoms with E-state index in [-0.39, 0.29) is 23.3 Å². The van der Waals surface area contributed by atoms with Crippen molar-refractivity contribution in [1.82, 2.24) is 10.6 Å². The molecule has 2 atom stereocenters. The minimum Gasteiger partial charge on any atom is -0.444 e. The topological polar surface area (TPSA) is 59.6 Å². The fraction of sp³-hybridized carbons (Fsp3) is 0.964. The summed E-state index contributed by atoms with van der Waals surface area (Å²) < 4.78 is 12.7. The summed E-state index contributed by atoms with van der Waals surface area (Å²) in [6.07, 6.45) is 13.9. The molecule has 200 valence electrons. The molecule has 0 saturated heterocycles. The van der Waals surface area contributed by atoms with E-state index in [1.54, 1.807) is 0 Å². The van der Waals surface area contributed by atoms with E-state index in [4.69, 9.17) is 9.16 Å². The zero-order valence-corrected chi connectivity index (χ0v) is 24.7. The molecule has 2 fully saturated rings. The number of rotatable bonds is 10. The number of ether oxygens (including phenoxy) is 1. The molecule has 1 amide bonds. The van der Waals surface area contributed by atoms with E-state index in [1.165, 1.54) is 64.2 Å². The predicted octanol–water partition coefficient (Wildman–Crippen LogP) is 7.41. The van der Waals surface area contributed by atoms with Crippen LogP contribution in [0.2, 0.25) is 18.1 Å². The maximum Gasteiger partial charge on any atom is 0.407 e. The molecule has 0 radical (unpaired) electrons. The number of hydrogen-bond donors (Lipinski definition) is 2. The summed E-state index contributed by atoms with van der Waals surface area (Å²) in [5.41, 5.74) is -0.505. The van der Waals surface area contributed by atoms with Gasteiger partial charge in [0, 0.05) is 6.54 Å². The van der Waals surface area contributed by atoms with Crippen LogP contribution in [0.3, 0.4) is 0 Å². The van der Waals surface area contributed by atoms with Gasteiger partial charge in [-0.3, -0.25) is 0 Å². The second-order valence-electron chi connectivity index (χ2n) is 13.6. The first kappa shape index (κ1) is 29.6. The van der Waals surface area contributed by atoms with Crippen molar-refractivity contribution in [2.24, 2.45) is 11.8 Å². The van der Waals surface area contributed by atoms with E-state index in [1.807, 2.05) is 20.8 Å². The Morgan fingerprint density at radius 1 is 0.882 bits per heavy atom. The summed E-state index contributed by atoms with van der Waals surface area (Å²) >= 11 is 0. The Labute approximate surface area is 212 Å². The molecule has 5 nitrogen and oxygen atoms in total. The zero-order valence-electron chi connectivity index (χ0n) is 23.7. The Bertz CT molecular complexity index is 600. The summed E-state index contributed by atoms with van der Waals surface area (Å²) in [5.74, 6) is 1.43. The maximum absolute atomic E-state index is 12.9. The average Bonchev–Trinajstić information content (AvgIpc) is 2.72. The predicted molar refractivity (Wildman–Crippen MR) is 146 cm³/mol. The van der Waals surface area contributed by atoms with Gasteiger partial charge in [0.2, 0.25) is 0 Å². The van der Waals surface area contributed by atoms with Crippen molar-refractivity contribution < 1.29 is 14.0 Å². The van der Waals surface area contributed by atoms with Gasteiger partial charge in [-0.05, 0) is 76.5 Å². The Morgan fingerprint density at radius 2 is 1.41 bits per heavy atom. The lowest BCUT2D eigenvalue weighted by atomic mass is 9.83. The molecule has 0 aromatic rings. The first-order chi connectivity index (χ1) is 15.8. The van der Waals surface area contributed by atoms with Crippen molar-refractivity contribution in [3.63, 3.8) is 0 Å². The zero-order chi connectivity index (χ0) is 25.4. The van der Waals surface area contributed by atoms with Crippen LogP contribution in [0.25, 0.3) is 0 Å². The smallest absolute Gasteiger partial charge is 0.407 e. The summed E-state index contributed by atoms with van der Waals surface area (Å²) in [4.78, 5) is 12.9. The quantitative estimate of drug-likeness (QED) is 0.309. The normalized spacial score (nSPS) is 21.2. The van der Waals surface area contributed by atoms with E-state index in [0.29, 0.717) is 5.92 Å². The summed E-state index contributed by atoms with van der Waals surface area (Å²) in [7, 11) is -2.02. The molecular weight excluding hydrogens is 440 g/mol. The van der Waals surface area contributed by atoms with Gasteiger partial charge in [-0.1, -0.05) is 72.1 Å². The fourth-order valence-corrected chi connectivity index (χ4v) is 6.54. The number of hydrogen-bond acceptors (Lipinski definition) is 4. The molecule has 2 rings (SSSR count). The largest absolute Gasteiger partial charge is 0.444 e. The van der Waals surface area contributed by atoms with Gasteiger partial charge in [-0.15, -0.1) is 0 Å². The fourth-order valence-electron chi connectivity index (χ4n) is 5.19. The molecular formula is C28H56N2O3Si. The molecule has 0 bridgehead atoms. The van der Waals surface area contributed by atoms with Gasteiger partial charge in [0.1, 0.15) is 5.60 Å². The SMILES string of the molecule is CC(C)(C)OC(=O)N[C@@H](CC1CCCCC1)[C@@H](CNCC1CCCCC1)O[Si](C)(C)C(C)(C)C. The number of carbonyl (C=O) groups excluding carboxylic acids is 1. The van der Waals surface area contributed by atoms with Gasteiger partial charge in [0.15, 0.2) is 8.32 Å². The summed E-state index contributed by atoms with van der Waals surface area (Å²) in [5, 5.41) is 7.17. The van der Waals surface area contributed by atoms with Crippen molar-refractivity contribution >= 4 is 14.4 Å². The van der Waals surface area contributed by atoms with Crippen LogP contribution in [0.5, 0.6) is 0 Å². The Balaban J connectivity index is 2.17. The molecule has 2 aliphatic carbocycles. The third kappa shape index (κ3) is 10.6. The van der Waals surface area contributed by atoms with Crippen molar-refractivity contribution in [1.29, 1.82) is 0 Å². The van der Waals surface area contributed by atoms with Crippen molar-refractivity contribution in [2.75, 3.05) is 13.1 Å². The van der Waals surface area contributed by atoms with E-state index in [9.17, 15) is 4.79 Å². The van der Waals surface area contributed by atoms with Crippen molar-refractivity contribution in [2.45, 2.75) is 148 Å². The highest BCUT2D eigenvalue weighted by atomic mass is 28.4. The standard InChI is InChI=1S/C28H56N2O3Si/c1-27(2,3)32-26(31)30-24(19-22-15-11-9-12-16-22)25(33-34(7,8)28(4,5)6)21-29-20-23-17-13-10-14-18-23/h22-25,29H,9-21H2,1-8H3,(H,30,31)/t24-,25+/m0/s1. The molecule has 6 heteroatoms. The minimum atomic E-state index is -2.02. The van der Waals surface area contributed by atoms with Crippen LogP contribution < -0.4 is 10.6 Å². The molecule has 2 aliphatic rings. The van der Waals surface area contributed by atoms with Crippen molar-refractivity contribution in [3.8, 4) is 0 Å². The van der Waals surface area contributed by atoms with Crippen LogP contribution in [-0.2, 0) is 9.16 Å². The second-order valence-corrected chi connectivity index (χ2v) is 18.3. The molecule has 0 aromatic heterocycles.